The van der Waals surface area contributed by atoms with Crippen LogP contribution in [-0.2, 0) is 0 Å². The predicted molar refractivity (Wildman–Crippen MR) is 62.9 cm³/mol. The Morgan fingerprint density at radius 1 is 1.47 bits per heavy atom. The molecule has 0 spiro atoms. The maximum absolute atomic E-state index is 8.73. The third-order valence-electron chi connectivity index (χ3n) is 1.87. The highest BCUT2D eigenvalue weighted by Gasteiger charge is 2.01. The van der Waals surface area contributed by atoms with Gasteiger partial charge in [-0.15, -0.1) is 0 Å². The Balaban J connectivity index is 2.57. The first-order chi connectivity index (χ1) is 7.13. The topological polar surface area (TPSA) is 36.3 Å². The van der Waals surface area contributed by atoms with E-state index in [1.165, 1.54) is 0 Å². The summed E-state index contributed by atoms with van der Waals surface area (Å²) in [5.41, 5.74) is 0.620. The molecule has 15 heavy (non-hydrogen) atoms. The first-order valence-electron chi connectivity index (χ1n) is 4.60. The molecule has 0 saturated carbocycles. The molecule has 0 bridgehead atoms. The molecule has 1 aromatic rings. The van der Waals surface area contributed by atoms with Gasteiger partial charge >= 0.3 is 0 Å². The van der Waals surface area contributed by atoms with Crippen LogP contribution in [0.25, 0.3) is 0 Å². The van der Waals surface area contributed by atoms with Crippen molar-refractivity contribution in [3.05, 3.63) is 28.2 Å². The predicted octanol–water partition coefficient (Wildman–Crippen LogP) is 2.26. The zero-order valence-electron chi connectivity index (χ0n) is 8.83. The Labute approximate surface area is 98.4 Å². The van der Waals surface area contributed by atoms with Gasteiger partial charge in [0.15, 0.2) is 0 Å². The molecule has 0 radical (unpaired) electrons. The first-order valence-corrected chi connectivity index (χ1v) is 5.40. The molecule has 0 aliphatic rings. The Hall–Kier alpha value is -1.05. The zero-order valence-corrected chi connectivity index (χ0v) is 10.4. The van der Waals surface area contributed by atoms with Crippen LogP contribution in [0, 0.1) is 11.3 Å². The molecule has 0 aliphatic carbocycles. The lowest BCUT2D eigenvalue weighted by molar-refractivity contribution is 0.261. The molecule has 0 aromatic heterocycles. The average Bonchev–Trinajstić information content (AvgIpc) is 2.17. The summed E-state index contributed by atoms with van der Waals surface area (Å²) in [4.78, 5) is 2.05. The van der Waals surface area contributed by atoms with Gasteiger partial charge in [0, 0.05) is 11.0 Å². The van der Waals surface area contributed by atoms with Crippen molar-refractivity contribution in [1.82, 2.24) is 4.90 Å². The van der Waals surface area contributed by atoms with Crippen LogP contribution < -0.4 is 4.74 Å². The van der Waals surface area contributed by atoms with Gasteiger partial charge in [0.25, 0.3) is 0 Å². The number of benzene rings is 1. The highest BCUT2D eigenvalue weighted by molar-refractivity contribution is 9.10. The van der Waals surface area contributed by atoms with Crippen molar-refractivity contribution < 1.29 is 4.74 Å². The van der Waals surface area contributed by atoms with Crippen molar-refractivity contribution in [2.24, 2.45) is 0 Å². The van der Waals surface area contributed by atoms with Gasteiger partial charge in [-0.25, -0.2) is 0 Å². The van der Waals surface area contributed by atoms with Crippen LogP contribution in [0.5, 0.6) is 5.75 Å². The molecule has 0 heterocycles. The first kappa shape index (κ1) is 12.0. The van der Waals surface area contributed by atoms with E-state index >= 15 is 0 Å². The molecular formula is C11H13BrN2O. The highest BCUT2D eigenvalue weighted by Crippen LogP contribution is 2.22. The normalized spacial score (nSPS) is 10.1. The van der Waals surface area contributed by atoms with E-state index in [-0.39, 0.29) is 0 Å². The monoisotopic (exact) mass is 268 g/mol. The summed E-state index contributed by atoms with van der Waals surface area (Å²) in [6.45, 7) is 1.52. The van der Waals surface area contributed by atoms with E-state index in [1.807, 2.05) is 20.2 Å². The Morgan fingerprint density at radius 2 is 2.20 bits per heavy atom. The third-order valence-corrected chi connectivity index (χ3v) is 2.52. The number of rotatable bonds is 4. The van der Waals surface area contributed by atoms with Crippen LogP contribution in [0.1, 0.15) is 5.56 Å². The van der Waals surface area contributed by atoms with E-state index in [1.54, 1.807) is 12.1 Å². The summed E-state index contributed by atoms with van der Waals surface area (Å²) < 4.78 is 6.29. The van der Waals surface area contributed by atoms with Crippen molar-refractivity contribution in [3.63, 3.8) is 0 Å². The van der Waals surface area contributed by atoms with Gasteiger partial charge in [0.1, 0.15) is 18.4 Å². The highest BCUT2D eigenvalue weighted by atomic mass is 79.9. The SMILES string of the molecule is CN(C)CCOc1ccc(C#N)c(Br)c1. The number of nitrogens with zero attached hydrogens (tertiary/aromatic N) is 2. The lowest BCUT2D eigenvalue weighted by Crippen LogP contribution is -2.19. The number of ether oxygens (including phenoxy) is 1. The number of hydrogen-bond donors (Lipinski definition) is 0. The summed E-state index contributed by atoms with van der Waals surface area (Å²) in [5, 5.41) is 8.73. The van der Waals surface area contributed by atoms with Crippen molar-refractivity contribution in [2.45, 2.75) is 0 Å². The second-order valence-corrected chi connectivity index (χ2v) is 4.26. The van der Waals surface area contributed by atoms with Crippen LogP contribution in [0.4, 0.5) is 0 Å². The van der Waals surface area contributed by atoms with E-state index < -0.39 is 0 Å². The maximum atomic E-state index is 8.73. The molecule has 3 nitrogen and oxygen atoms in total. The fraction of sp³-hybridized carbons (Fsp3) is 0.364. The molecule has 4 heteroatoms. The fourth-order valence-electron chi connectivity index (χ4n) is 1.02. The molecule has 0 N–H and O–H groups in total. The van der Waals surface area contributed by atoms with Gasteiger partial charge in [-0.05, 0) is 48.2 Å². The molecule has 0 atom stereocenters. The molecule has 0 fully saturated rings. The summed E-state index contributed by atoms with van der Waals surface area (Å²) in [5.74, 6) is 0.780. The van der Waals surface area contributed by atoms with Crippen molar-refractivity contribution in [2.75, 3.05) is 27.2 Å². The molecule has 0 saturated heterocycles. The zero-order chi connectivity index (χ0) is 11.3. The summed E-state index contributed by atoms with van der Waals surface area (Å²) in [6, 6.07) is 7.45. The second kappa shape index (κ2) is 5.74. The van der Waals surface area contributed by atoms with Gasteiger partial charge in [-0.1, -0.05) is 0 Å². The lowest BCUT2D eigenvalue weighted by Gasteiger charge is -2.11. The van der Waals surface area contributed by atoms with Crippen molar-refractivity contribution in [3.8, 4) is 11.8 Å². The minimum atomic E-state index is 0.620. The molecule has 1 aromatic carbocycles. The van der Waals surface area contributed by atoms with Gasteiger partial charge in [0.05, 0.1) is 5.56 Å². The van der Waals surface area contributed by atoms with Crippen LogP contribution in [-0.4, -0.2) is 32.1 Å². The van der Waals surface area contributed by atoms with Gasteiger partial charge in [-0.2, -0.15) is 5.26 Å². The minimum absolute atomic E-state index is 0.620. The van der Waals surface area contributed by atoms with E-state index in [0.717, 1.165) is 16.8 Å². The van der Waals surface area contributed by atoms with Crippen LogP contribution in [0.15, 0.2) is 22.7 Å². The lowest BCUT2D eigenvalue weighted by atomic mass is 10.2. The van der Waals surface area contributed by atoms with Crippen LogP contribution in [0.2, 0.25) is 0 Å². The third kappa shape index (κ3) is 3.90. The number of halogens is 1. The fourth-order valence-corrected chi connectivity index (χ4v) is 1.47. The van der Waals surface area contributed by atoms with E-state index in [4.69, 9.17) is 10.00 Å². The van der Waals surface area contributed by atoms with Gasteiger partial charge in [-0.3, -0.25) is 0 Å². The van der Waals surface area contributed by atoms with E-state index in [9.17, 15) is 0 Å². The quantitative estimate of drug-likeness (QED) is 0.841. The largest absolute Gasteiger partial charge is 0.492 e. The molecule has 1 rings (SSSR count). The summed E-state index contributed by atoms with van der Waals surface area (Å²) >= 11 is 3.32. The second-order valence-electron chi connectivity index (χ2n) is 3.41. The Kier molecular flexibility index (Phi) is 4.60. The van der Waals surface area contributed by atoms with Crippen LogP contribution >= 0.6 is 15.9 Å². The summed E-state index contributed by atoms with van der Waals surface area (Å²) in [6.07, 6.45) is 0. The van der Waals surface area contributed by atoms with Crippen molar-refractivity contribution >= 4 is 15.9 Å². The van der Waals surface area contributed by atoms with Crippen LogP contribution in [0.3, 0.4) is 0 Å². The molecule has 0 aliphatic heterocycles. The number of hydrogen-bond acceptors (Lipinski definition) is 3. The molecule has 80 valence electrons. The maximum Gasteiger partial charge on any atom is 0.120 e. The number of nitriles is 1. The smallest absolute Gasteiger partial charge is 0.120 e. The standard InChI is InChI=1S/C11H13BrN2O/c1-14(2)5-6-15-10-4-3-9(8-13)11(12)7-10/h3-4,7H,5-6H2,1-2H3. The van der Waals surface area contributed by atoms with Gasteiger partial charge in [0.2, 0.25) is 0 Å². The molecule has 0 amide bonds. The minimum Gasteiger partial charge on any atom is -0.492 e. The number of likely N-dealkylation sites (N-methyl/N-ethyl adjacent to an activating group) is 1. The summed E-state index contributed by atoms with van der Waals surface area (Å²) in [7, 11) is 4.00. The van der Waals surface area contributed by atoms with Gasteiger partial charge < -0.3 is 9.64 Å². The van der Waals surface area contributed by atoms with Crippen molar-refractivity contribution in [1.29, 1.82) is 5.26 Å². The molecular weight excluding hydrogens is 256 g/mol. The Morgan fingerprint density at radius 3 is 2.73 bits per heavy atom. The molecule has 0 unspecified atom stereocenters. The average molecular weight is 269 g/mol. The van der Waals surface area contributed by atoms with E-state index in [0.29, 0.717) is 12.2 Å². The van der Waals surface area contributed by atoms with E-state index in [2.05, 4.69) is 26.9 Å². The Bertz CT molecular complexity index is 371.